The third-order valence-corrected chi connectivity index (χ3v) is 17.0. The lowest BCUT2D eigenvalue weighted by molar-refractivity contribution is -0.117. The molecule has 0 N–H and O–H groups in total. The average molecular weight is 543 g/mol. The van der Waals surface area contributed by atoms with Crippen LogP contribution in [0.3, 0.4) is 0 Å². The molecule has 0 radical (unpaired) electrons. The Kier molecular flexibility index (Phi) is 11.0. The van der Waals surface area contributed by atoms with Gasteiger partial charge in [-0.2, -0.15) is 0 Å². The van der Waals surface area contributed by atoms with Crippen molar-refractivity contribution in [1.82, 2.24) is 0 Å². The second kappa shape index (κ2) is 12.9. The van der Waals surface area contributed by atoms with Gasteiger partial charge in [0.15, 0.2) is 22.4 Å². The van der Waals surface area contributed by atoms with E-state index in [9.17, 15) is 4.79 Å². The fraction of sp³-hybridized carbons (Fsp3) is 0.581. The Hall–Kier alpha value is -1.74. The molecule has 0 aromatic heterocycles. The molecule has 0 amide bonds. The Bertz CT molecular complexity index is 950. The number of benzene rings is 1. The zero-order valence-corrected chi connectivity index (χ0v) is 26.8. The molecule has 37 heavy (non-hydrogen) atoms. The maximum absolute atomic E-state index is 11.8. The molecular weight excluding hydrogens is 493 g/mol. The van der Waals surface area contributed by atoms with Crippen molar-refractivity contribution in [3.05, 3.63) is 66.5 Å². The lowest BCUT2D eigenvalue weighted by Crippen LogP contribution is -2.47. The molecule has 0 saturated heterocycles. The van der Waals surface area contributed by atoms with Gasteiger partial charge in [0, 0.05) is 12.5 Å². The maximum atomic E-state index is 11.8. The van der Waals surface area contributed by atoms with Crippen molar-refractivity contribution >= 4 is 28.5 Å². The molecule has 206 valence electrons. The van der Waals surface area contributed by atoms with E-state index < -0.39 is 16.6 Å². The summed E-state index contributed by atoms with van der Waals surface area (Å²) in [5, 5.41) is 0.216. The minimum absolute atomic E-state index is 0.00201. The second-order valence-corrected chi connectivity index (χ2v) is 22.7. The lowest BCUT2D eigenvalue weighted by atomic mass is 10.1. The van der Waals surface area contributed by atoms with Gasteiger partial charge in [0.25, 0.3) is 0 Å². The molecule has 0 fully saturated rings. The first-order chi connectivity index (χ1) is 17.0. The Morgan fingerprint density at radius 2 is 1.57 bits per heavy atom. The SMILES string of the molecule is CC(C)(C)[Si](C)(C)O[C@@H](C/C=C/[C@H]1CC(=O)C=CO1)C[C@H](/C=C/c1ccccc1)O[Si](C)(C)C(C)(C)C. The highest BCUT2D eigenvalue weighted by molar-refractivity contribution is 6.74. The standard InChI is InChI=1S/C31H50O4Si2/c1-30(2,3)36(7,8)34-28(18-14-17-27-23-26(32)21-22-33-27)24-29(35-37(9,10)31(4,5)6)20-19-25-15-12-11-13-16-25/h11-17,19-22,27-29H,18,23-24H2,1-10H3/b17-14+,20-19+/t27-,28-,29-/m0/s1. The van der Waals surface area contributed by atoms with Crippen molar-refractivity contribution in [2.24, 2.45) is 0 Å². The topological polar surface area (TPSA) is 44.8 Å². The zero-order chi connectivity index (χ0) is 27.9. The summed E-state index contributed by atoms with van der Waals surface area (Å²) >= 11 is 0. The number of carbonyl (C=O) groups excluding carboxylic acids is 1. The molecule has 3 atom stereocenters. The predicted octanol–water partition coefficient (Wildman–Crippen LogP) is 8.69. The predicted molar refractivity (Wildman–Crippen MR) is 162 cm³/mol. The van der Waals surface area contributed by atoms with Crippen LogP contribution < -0.4 is 0 Å². The van der Waals surface area contributed by atoms with Crippen molar-refractivity contribution < 1.29 is 18.4 Å². The molecule has 0 aliphatic carbocycles. The van der Waals surface area contributed by atoms with Gasteiger partial charge in [0.1, 0.15) is 6.10 Å². The van der Waals surface area contributed by atoms with Crippen LogP contribution in [0.4, 0.5) is 0 Å². The summed E-state index contributed by atoms with van der Waals surface area (Å²) in [5.74, 6) is 0.101. The quantitative estimate of drug-likeness (QED) is 0.207. The molecule has 1 heterocycles. The Morgan fingerprint density at radius 3 is 2.14 bits per heavy atom. The molecule has 1 aromatic rings. The third kappa shape index (κ3) is 10.2. The number of carbonyl (C=O) groups is 1. The van der Waals surface area contributed by atoms with Gasteiger partial charge in [-0.05, 0) is 54.3 Å². The van der Waals surface area contributed by atoms with Crippen molar-refractivity contribution in [2.75, 3.05) is 0 Å². The van der Waals surface area contributed by atoms with Crippen LogP contribution in [0.5, 0.6) is 0 Å². The number of allylic oxidation sites excluding steroid dienone is 1. The van der Waals surface area contributed by atoms with Gasteiger partial charge in [-0.25, -0.2) is 0 Å². The molecule has 1 aromatic carbocycles. The number of hydrogen-bond acceptors (Lipinski definition) is 4. The highest BCUT2D eigenvalue weighted by Crippen LogP contribution is 2.40. The summed E-state index contributed by atoms with van der Waals surface area (Å²) in [5.41, 5.74) is 1.17. The summed E-state index contributed by atoms with van der Waals surface area (Å²) in [4.78, 5) is 11.8. The third-order valence-electron chi connectivity index (χ3n) is 7.98. The molecule has 1 aliphatic rings. The van der Waals surface area contributed by atoms with Gasteiger partial charge in [-0.3, -0.25) is 4.79 Å². The van der Waals surface area contributed by atoms with Crippen LogP contribution in [0.2, 0.25) is 36.3 Å². The van der Waals surface area contributed by atoms with Crippen LogP contribution in [0.1, 0.15) is 66.4 Å². The first kappa shape index (κ1) is 31.5. The van der Waals surface area contributed by atoms with Gasteiger partial charge >= 0.3 is 0 Å². The van der Waals surface area contributed by atoms with E-state index >= 15 is 0 Å². The van der Waals surface area contributed by atoms with Crippen LogP contribution in [-0.2, 0) is 18.4 Å². The van der Waals surface area contributed by atoms with Gasteiger partial charge in [-0.15, -0.1) is 0 Å². The normalized spacial score (nSPS) is 19.4. The van der Waals surface area contributed by atoms with E-state index in [0.29, 0.717) is 6.42 Å². The second-order valence-electron chi connectivity index (χ2n) is 13.2. The average Bonchev–Trinajstić information content (AvgIpc) is 2.76. The summed E-state index contributed by atoms with van der Waals surface area (Å²) in [6.07, 6.45) is 13.2. The first-order valence-corrected chi connectivity index (χ1v) is 19.4. The summed E-state index contributed by atoms with van der Waals surface area (Å²) in [6, 6.07) is 10.4. The van der Waals surface area contributed by atoms with Gasteiger partial charge in [-0.1, -0.05) is 90.1 Å². The highest BCUT2D eigenvalue weighted by atomic mass is 28.4. The summed E-state index contributed by atoms with van der Waals surface area (Å²) < 4.78 is 19.5. The Labute approximate surface area is 228 Å². The molecule has 2 rings (SSSR count). The fourth-order valence-electron chi connectivity index (χ4n) is 3.57. The van der Waals surface area contributed by atoms with Gasteiger partial charge in [0.05, 0.1) is 24.9 Å². The van der Waals surface area contributed by atoms with E-state index in [1.807, 2.05) is 12.1 Å². The van der Waals surface area contributed by atoms with E-state index in [1.165, 1.54) is 17.9 Å². The zero-order valence-electron chi connectivity index (χ0n) is 24.8. The fourth-order valence-corrected chi connectivity index (χ4v) is 6.24. The van der Waals surface area contributed by atoms with Gasteiger partial charge < -0.3 is 13.6 Å². The van der Waals surface area contributed by atoms with Gasteiger partial charge in [0.2, 0.25) is 0 Å². The number of rotatable bonds is 11. The van der Waals surface area contributed by atoms with Crippen LogP contribution in [0.25, 0.3) is 6.08 Å². The summed E-state index contributed by atoms with van der Waals surface area (Å²) in [6.45, 7) is 22.9. The molecule has 0 bridgehead atoms. The van der Waals surface area contributed by atoms with E-state index in [4.69, 9.17) is 13.6 Å². The molecule has 6 heteroatoms. The number of ketones is 1. The van der Waals surface area contributed by atoms with Crippen molar-refractivity contribution in [2.45, 2.75) is 115 Å². The molecule has 1 aliphatic heterocycles. The Morgan fingerprint density at radius 1 is 0.973 bits per heavy atom. The van der Waals surface area contributed by atoms with Crippen LogP contribution >= 0.6 is 0 Å². The lowest BCUT2D eigenvalue weighted by Gasteiger charge is -2.42. The van der Waals surface area contributed by atoms with E-state index in [2.05, 4.69) is 110 Å². The first-order valence-electron chi connectivity index (χ1n) is 13.6. The molecule has 0 spiro atoms. The monoisotopic (exact) mass is 542 g/mol. The number of ether oxygens (including phenoxy) is 1. The van der Waals surface area contributed by atoms with Crippen molar-refractivity contribution in [3.8, 4) is 0 Å². The Balaban J connectivity index is 2.31. The van der Waals surface area contributed by atoms with Crippen LogP contribution in [0.15, 0.2) is 60.9 Å². The van der Waals surface area contributed by atoms with Crippen molar-refractivity contribution in [3.63, 3.8) is 0 Å². The van der Waals surface area contributed by atoms with E-state index in [-0.39, 0.29) is 34.2 Å². The minimum atomic E-state index is -2.02. The minimum Gasteiger partial charge on any atom is -0.493 e. The molecule has 0 saturated carbocycles. The van der Waals surface area contributed by atoms with Crippen molar-refractivity contribution in [1.29, 1.82) is 0 Å². The summed E-state index contributed by atoms with van der Waals surface area (Å²) in [7, 11) is -4.03. The van der Waals surface area contributed by atoms with E-state index in [0.717, 1.165) is 12.8 Å². The largest absolute Gasteiger partial charge is 0.493 e. The van der Waals surface area contributed by atoms with Crippen LogP contribution in [0, 0.1) is 0 Å². The highest BCUT2D eigenvalue weighted by Gasteiger charge is 2.41. The molecule has 4 nitrogen and oxygen atoms in total. The van der Waals surface area contributed by atoms with E-state index in [1.54, 1.807) is 0 Å². The van der Waals surface area contributed by atoms with Crippen LogP contribution in [-0.4, -0.2) is 40.7 Å². The maximum Gasteiger partial charge on any atom is 0.192 e. The number of hydrogen-bond donors (Lipinski definition) is 0. The molecule has 0 unspecified atom stereocenters. The molecular formula is C31H50O4Si2. The smallest absolute Gasteiger partial charge is 0.192 e.